The highest BCUT2D eigenvalue weighted by Gasteiger charge is 2.12. The van der Waals surface area contributed by atoms with Crippen LogP contribution < -0.4 is 0 Å². The standard InChI is InChI=1S/C10H14N2OS4/c1-6(2)8(13)16-7(3)5-15-10-12-11-9(14-4)17-10/h7H,1,5H2,2-4H3. The topological polar surface area (TPSA) is 42.9 Å². The lowest BCUT2D eigenvalue weighted by Gasteiger charge is -2.07. The molecule has 0 radical (unpaired) electrons. The second-order valence-electron chi connectivity index (χ2n) is 3.35. The molecule has 94 valence electrons. The fraction of sp³-hybridized carbons (Fsp3) is 0.500. The van der Waals surface area contributed by atoms with Gasteiger partial charge in [0.25, 0.3) is 0 Å². The minimum atomic E-state index is 0.0696. The Bertz CT molecular complexity index is 405. The highest BCUT2D eigenvalue weighted by Crippen LogP contribution is 2.29. The van der Waals surface area contributed by atoms with Gasteiger partial charge in [0.1, 0.15) is 0 Å². The monoisotopic (exact) mass is 306 g/mol. The van der Waals surface area contributed by atoms with E-state index in [4.69, 9.17) is 0 Å². The molecule has 3 nitrogen and oxygen atoms in total. The molecular weight excluding hydrogens is 292 g/mol. The summed E-state index contributed by atoms with van der Waals surface area (Å²) in [7, 11) is 0. The number of carbonyl (C=O) groups excluding carboxylic acids is 1. The molecule has 0 saturated carbocycles. The van der Waals surface area contributed by atoms with Crippen molar-refractivity contribution in [2.24, 2.45) is 0 Å². The Hall–Kier alpha value is 0.0200. The lowest BCUT2D eigenvalue weighted by Crippen LogP contribution is -2.05. The van der Waals surface area contributed by atoms with E-state index in [1.54, 1.807) is 41.8 Å². The zero-order chi connectivity index (χ0) is 12.8. The third kappa shape index (κ3) is 5.46. The van der Waals surface area contributed by atoms with E-state index < -0.39 is 0 Å². The van der Waals surface area contributed by atoms with Crippen molar-refractivity contribution in [3.8, 4) is 0 Å². The summed E-state index contributed by atoms with van der Waals surface area (Å²) < 4.78 is 1.94. The van der Waals surface area contributed by atoms with Crippen LogP contribution in [0, 0.1) is 0 Å². The molecule has 0 N–H and O–H groups in total. The smallest absolute Gasteiger partial charge is 0.214 e. The fourth-order valence-corrected chi connectivity index (χ4v) is 4.20. The number of aromatic nitrogens is 2. The van der Waals surface area contributed by atoms with Crippen LogP contribution >= 0.6 is 46.6 Å². The van der Waals surface area contributed by atoms with Gasteiger partial charge in [-0.25, -0.2) is 0 Å². The van der Waals surface area contributed by atoms with Gasteiger partial charge in [0.05, 0.1) is 0 Å². The van der Waals surface area contributed by atoms with Gasteiger partial charge in [0.15, 0.2) is 8.68 Å². The van der Waals surface area contributed by atoms with Gasteiger partial charge in [-0.3, -0.25) is 4.79 Å². The molecular formula is C10H14N2OS4. The van der Waals surface area contributed by atoms with Crippen LogP contribution in [0.15, 0.2) is 20.8 Å². The zero-order valence-electron chi connectivity index (χ0n) is 9.93. The summed E-state index contributed by atoms with van der Waals surface area (Å²) in [6.45, 7) is 7.42. The Balaban J connectivity index is 2.35. The Morgan fingerprint density at radius 2 is 2.12 bits per heavy atom. The second kappa shape index (κ2) is 7.45. The number of nitrogens with zero attached hydrogens (tertiary/aromatic N) is 2. The molecule has 0 saturated heterocycles. The van der Waals surface area contributed by atoms with Gasteiger partial charge < -0.3 is 0 Å². The molecule has 0 aliphatic carbocycles. The number of rotatable bonds is 6. The molecule has 1 heterocycles. The van der Waals surface area contributed by atoms with E-state index in [0.29, 0.717) is 5.57 Å². The molecule has 1 aromatic rings. The van der Waals surface area contributed by atoms with E-state index in [1.165, 1.54) is 11.8 Å². The number of hydrogen-bond acceptors (Lipinski definition) is 7. The fourth-order valence-electron chi connectivity index (χ4n) is 0.844. The minimum Gasteiger partial charge on any atom is -0.282 e. The molecule has 7 heteroatoms. The Kier molecular flexibility index (Phi) is 6.61. The Morgan fingerprint density at radius 3 is 2.65 bits per heavy atom. The van der Waals surface area contributed by atoms with Crippen molar-refractivity contribution in [2.75, 3.05) is 12.0 Å². The summed E-state index contributed by atoms with van der Waals surface area (Å²) in [6.07, 6.45) is 1.99. The first-order chi connectivity index (χ1) is 8.02. The van der Waals surface area contributed by atoms with Crippen LogP contribution in [0.2, 0.25) is 0 Å². The Labute approximate surface area is 118 Å². The SMILES string of the molecule is C=C(C)C(=O)SC(C)CSc1nnc(SC)s1. The predicted octanol–water partition coefficient (Wildman–Crippen LogP) is 3.58. The van der Waals surface area contributed by atoms with Gasteiger partial charge in [-0.15, -0.1) is 10.2 Å². The first-order valence-corrected chi connectivity index (χ1v) is 8.80. The van der Waals surface area contributed by atoms with Crippen LogP contribution in [0.5, 0.6) is 0 Å². The molecule has 1 rings (SSSR count). The first kappa shape index (κ1) is 15.1. The minimum absolute atomic E-state index is 0.0696. The van der Waals surface area contributed by atoms with Crippen LogP contribution in [-0.2, 0) is 4.79 Å². The summed E-state index contributed by atoms with van der Waals surface area (Å²) in [5.74, 6) is 0.854. The van der Waals surface area contributed by atoms with Crippen molar-refractivity contribution in [1.82, 2.24) is 10.2 Å². The van der Waals surface area contributed by atoms with Crippen LogP contribution in [0.3, 0.4) is 0 Å². The van der Waals surface area contributed by atoms with Crippen molar-refractivity contribution < 1.29 is 4.79 Å². The van der Waals surface area contributed by atoms with E-state index in [0.717, 1.165) is 14.4 Å². The molecule has 0 amide bonds. The highest BCUT2D eigenvalue weighted by atomic mass is 32.2. The largest absolute Gasteiger partial charge is 0.282 e. The van der Waals surface area contributed by atoms with Crippen LogP contribution in [0.4, 0.5) is 0 Å². The molecule has 1 unspecified atom stereocenters. The Morgan fingerprint density at radius 1 is 1.47 bits per heavy atom. The summed E-state index contributed by atoms with van der Waals surface area (Å²) in [4.78, 5) is 11.4. The van der Waals surface area contributed by atoms with Crippen molar-refractivity contribution >= 4 is 51.7 Å². The van der Waals surface area contributed by atoms with Gasteiger partial charge in [-0.1, -0.05) is 60.1 Å². The number of hydrogen-bond donors (Lipinski definition) is 0. The van der Waals surface area contributed by atoms with Gasteiger partial charge in [0.2, 0.25) is 5.12 Å². The summed E-state index contributed by atoms with van der Waals surface area (Å²) >= 11 is 6.17. The molecule has 1 aromatic heterocycles. The molecule has 0 fully saturated rings. The molecule has 0 aromatic carbocycles. The average molecular weight is 307 g/mol. The molecule has 0 bridgehead atoms. The molecule has 0 aliphatic rings. The molecule has 0 aliphatic heterocycles. The lowest BCUT2D eigenvalue weighted by molar-refractivity contribution is -0.107. The average Bonchev–Trinajstić information content (AvgIpc) is 2.74. The summed E-state index contributed by atoms with van der Waals surface area (Å²) in [6, 6.07) is 0. The van der Waals surface area contributed by atoms with E-state index in [2.05, 4.69) is 16.8 Å². The maximum atomic E-state index is 11.4. The molecule has 0 spiro atoms. The van der Waals surface area contributed by atoms with Crippen molar-refractivity contribution in [3.63, 3.8) is 0 Å². The van der Waals surface area contributed by atoms with Crippen molar-refractivity contribution in [1.29, 1.82) is 0 Å². The number of thioether (sulfide) groups is 3. The van der Waals surface area contributed by atoms with Gasteiger partial charge in [0, 0.05) is 11.0 Å². The lowest BCUT2D eigenvalue weighted by atomic mass is 10.4. The van der Waals surface area contributed by atoms with Crippen LogP contribution in [0.1, 0.15) is 13.8 Å². The first-order valence-electron chi connectivity index (χ1n) is 4.89. The van der Waals surface area contributed by atoms with Crippen LogP contribution in [0.25, 0.3) is 0 Å². The molecule has 17 heavy (non-hydrogen) atoms. The quantitative estimate of drug-likeness (QED) is 0.591. The third-order valence-corrected chi connectivity index (χ3v) is 6.30. The molecule has 1 atom stereocenters. The maximum absolute atomic E-state index is 11.4. The summed E-state index contributed by atoms with van der Waals surface area (Å²) in [5, 5.41) is 8.42. The predicted molar refractivity (Wildman–Crippen MR) is 79.3 cm³/mol. The zero-order valence-corrected chi connectivity index (χ0v) is 13.2. The highest BCUT2D eigenvalue weighted by molar-refractivity contribution is 8.15. The van der Waals surface area contributed by atoms with E-state index in [-0.39, 0.29) is 10.4 Å². The maximum Gasteiger partial charge on any atom is 0.214 e. The third-order valence-electron chi connectivity index (χ3n) is 1.66. The van der Waals surface area contributed by atoms with Gasteiger partial charge >= 0.3 is 0 Å². The van der Waals surface area contributed by atoms with Crippen molar-refractivity contribution in [2.45, 2.75) is 27.8 Å². The van der Waals surface area contributed by atoms with E-state index in [1.807, 2.05) is 13.2 Å². The van der Waals surface area contributed by atoms with Crippen molar-refractivity contribution in [3.05, 3.63) is 12.2 Å². The van der Waals surface area contributed by atoms with Gasteiger partial charge in [-0.05, 0) is 18.8 Å². The number of carbonyl (C=O) groups is 1. The van der Waals surface area contributed by atoms with Gasteiger partial charge in [-0.2, -0.15) is 0 Å². The van der Waals surface area contributed by atoms with E-state index >= 15 is 0 Å². The summed E-state index contributed by atoms with van der Waals surface area (Å²) in [5.41, 5.74) is 0.604. The van der Waals surface area contributed by atoms with E-state index in [9.17, 15) is 4.79 Å². The normalized spacial score (nSPS) is 12.4. The van der Waals surface area contributed by atoms with Crippen LogP contribution in [-0.4, -0.2) is 32.6 Å². The second-order valence-corrected chi connectivity index (χ2v) is 8.05.